The summed E-state index contributed by atoms with van der Waals surface area (Å²) >= 11 is 0. The molecule has 0 amide bonds. The summed E-state index contributed by atoms with van der Waals surface area (Å²) in [7, 11) is 2.04. The minimum atomic E-state index is 0.659. The molecule has 23 heavy (non-hydrogen) atoms. The van der Waals surface area contributed by atoms with E-state index in [2.05, 4.69) is 45.4 Å². The number of likely N-dealkylation sites (tertiary alicyclic amines) is 1. The predicted molar refractivity (Wildman–Crippen MR) is 94.3 cm³/mol. The second-order valence-corrected chi connectivity index (χ2v) is 7.10. The predicted octanol–water partition coefficient (Wildman–Crippen LogP) is 3.45. The van der Waals surface area contributed by atoms with Crippen molar-refractivity contribution in [3.63, 3.8) is 0 Å². The fourth-order valence-electron chi connectivity index (χ4n) is 3.50. The van der Waals surface area contributed by atoms with Crippen LogP contribution in [0.15, 0.2) is 24.5 Å². The second kappa shape index (κ2) is 6.83. The van der Waals surface area contributed by atoms with Crippen LogP contribution < -0.4 is 0 Å². The average Bonchev–Trinajstić information content (AvgIpc) is 2.88. The van der Waals surface area contributed by atoms with Crippen LogP contribution in [0.2, 0.25) is 0 Å². The van der Waals surface area contributed by atoms with Gasteiger partial charge in [0.05, 0.1) is 17.6 Å². The molecule has 1 saturated heterocycles. The Morgan fingerprint density at radius 1 is 1.22 bits per heavy atom. The van der Waals surface area contributed by atoms with Crippen LogP contribution in [0.1, 0.15) is 38.1 Å². The lowest BCUT2D eigenvalue weighted by molar-refractivity contribution is 0.139. The summed E-state index contributed by atoms with van der Waals surface area (Å²) in [4.78, 5) is 11.6. The van der Waals surface area contributed by atoms with Crippen LogP contribution in [-0.4, -0.2) is 38.6 Å². The van der Waals surface area contributed by atoms with Crippen molar-refractivity contribution in [1.82, 2.24) is 19.4 Å². The molecule has 3 heterocycles. The zero-order valence-corrected chi connectivity index (χ0v) is 14.8. The lowest BCUT2D eigenvalue weighted by Crippen LogP contribution is -2.40. The highest BCUT2D eigenvalue weighted by Crippen LogP contribution is 2.23. The Morgan fingerprint density at radius 2 is 2.04 bits per heavy atom. The Labute approximate surface area is 139 Å². The minimum absolute atomic E-state index is 0.659. The molecular weight excluding hydrogens is 284 g/mol. The summed E-state index contributed by atoms with van der Waals surface area (Å²) in [6.45, 7) is 9.09. The summed E-state index contributed by atoms with van der Waals surface area (Å²) in [6, 6.07) is 5.03. The molecule has 0 unspecified atom stereocenters. The van der Waals surface area contributed by atoms with Crippen LogP contribution in [-0.2, 0) is 13.5 Å². The van der Waals surface area contributed by atoms with Crippen molar-refractivity contribution in [2.24, 2.45) is 13.0 Å². The molecule has 0 aromatic carbocycles. The van der Waals surface area contributed by atoms with Crippen molar-refractivity contribution < 1.29 is 0 Å². The van der Waals surface area contributed by atoms with Gasteiger partial charge in [-0.05, 0) is 64.1 Å². The molecule has 4 heteroatoms. The molecule has 124 valence electrons. The summed E-state index contributed by atoms with van der Waals surface area (Å²) in [6.07, 6.45) is 7.75. The van der Waals surface area contributed by atoms with Crippen LogP contribution in [0.4, 0.5) is 0 Å². The quantitative estimate of drug-likeness (QED) is 0.867. The number of nitrogens with zero attached hydrogens (tertiary/aromatic N) is 4. The van der Waals surface area contributed by atoms with E-state index in [0.717, 1.165) is 29.6 Å². The van der Waals surface area contributed by atoms with E-state index < -0.39 is 0 Å². The first-order valence-corrected chi connectivity index (χ1v) is 8.72. The molecule has 1 aliphatic rings. The number of imidazole rings is 1. The van der Waals surface area contributed by atoms with E-state index in [0.29, 0.717) is 6.04 Å². The number of hydrogen-bond donors (Lipinski definition) is 0. The summed E-state index contributed by atoms with van der Waals surface area (Å²) < 4.78 is 2.09. The number of pyridine rings is 1. The number of aromatic nitrogens is 3. The van der Waals surface area contributed by atoms with Crippen LogP contribution in [0.25, 0.3) is 11.4 Å². The Hall–Kier alpha value is -1.68. The molecule has 4 nitrogen and oxygen atoms in total. The van der Waals surface area contributed by atoms with Crippen LogP contribution in [0, 0.1) is 12.8 Å². The summed E-state index contributed by atoms with van der Waals surface area (Å²) in [5, 5.41) is 0. The monoisotopic (exact) mass is 312 g/mol. The fourth-order valence-corrected chi connectivity index (χ4v) is 3.50. The Bertz CT molecular complexity index is 642. The topological polar surface area (TPSA) is 34.0 Å². The van der Waals surface area contributed by atoms with Gasteiger partial charge in [-0.2, -0.15) is 0 Å². The maximum atomic E-state index is 4.67. The minimum Gasteiger partial charge on any atom is -0.330 e. The molecule has 3 rings (SSSR count). The Morgan fingerprint density at radius 3 is 2.65 bits per heavy atom. The third-order valence-corrected chi connectivity index (χ3v) is 5.11. The first-order valence-electron chi connectivity index (χ1n) is 8.72. The normalized spacial score (nSPS) is 19.4. The number of aryl methyl sites for hydroxylation is 1. The zero-order valence-electron chi connectivity index (χ0n) is 14.8. The van der Waals surface area contributed by atoms with Gasteiger partial charge >= 0.3 is 0 Å². The second-order valence-electron chi connectivity index (χ2n) is 7.10. The van der Waals surface area contributed by atoms with Crippen molar-refractivity contribution >= 4 is 0 Å². The van der Waals surface area contributed by atoms with Crippen molar-refractivity contribution in [3.05, 3.63) is 35.9 Å². The summed E-state index contributed by atoms with van der Waals surface area (Å²) in [5.41, 5.74) is 3.44. The number of hydrogen-bond acceptors (Lipinski definition) is 3. The van der Waals surface area contributed by atoms with Crippen molar-refractivity contribution in [2.45, 2.75) is 46.1 Å². The van der Waals surface area contributed by atoms with Gasteiger partial charge in [0.1, 0.15) is 5.82 Å². The van der Waals surface area contributed by atoms with Gasteiger partial charge in [0.15, 0.2) is 0 Å². The van der Waals surface area contributed by atoms with E-state index in [-0.39, 0.29) is 0 Å². The van der Waals surface area contributed by atoms with Crippen molar-refractivity contribution in [1.29, 1.82) is 0 Å². The van der Waals surface area contributed by atoms with Gasteiger partial charge in [0.25, 0.3) is 0 Å². The van der Waals surface area contributed by atoms with Gasteiger partial charge < -0.3 is 9.47 Å². The molecule has 1 atom stereocenters. The fraction of sp³-hybridized carbons (Fsp3) is 0.579. The SMILES string of the molecule is Cc1ncc(-c2ccc(C[C@@H]3CCCN(C(C)C)C3)cn2)n1C. The highest BCUT2D eigenvalue weighted by molar-refractivity contribution is 5.54. The molecule has 0 N–H and O–H groups in total. The van der Waals surface area contributed by atoms with E-state index in [9.17, 15) is 0 Å². The summed E-state index contributed by atoms with van der Waals surface area (Å²) in [5.74, 6) is 1.78. The zero-order chi connectivity index (χ0) is 16.4. The van der Waals surface area contributed by atoms with E-state index in [4.69, 9.17) is 0 Å². The van der Waals surface area contributed by atoms with Gasteiger partial charge in [-0.3, -0.25) is 4.98 Å². The third-order valence-electron chi connectivity index (χ3n) is 5.11. The van der Waals surface area contributed by atoms with Gasteiger partial charge in [-0.15, -0.1) is 0 Å². The lowest BCUT2D eigenvalue weighted by Gasteiger charge is -2.35. The van der Waals surface area contributed by atoms with Gasteiger partial charge in [-0.1, -0.05) is 6.07 Å². The van der Waals surface area contributed by atoms with Gasteiger partial charge in [-0.25, -0.2) is 4.98 Å². The smallest absolute Gasteiger partial charge is 0.105 e. The molecule has 0 aliphatic carbocycles. The Kier molecular flexibility index (Phi) is 4.81. The standard InChI is InChI=1S/C19H28N4/c1-14(2)23-9-5-6-17(13-23)10-16-7-8-18(21-11-16)19-12-20-15(3)22(19)4/h7-8,11-12,14,17H,5-6,9-10,13H2,1-4H3/t17-/m0/s1. The van der Waals surface area contributed by atoms with Crippen molar-refractivity contribution in [3.8, 4) is 11.4 Å². The van der Waals surface area contributed by atoms with E-state index in [1.165, 1.54) is 31.5 Å². The highest BCUT2D eigenvalue weighted by Gasteiger charge is 2.21. The average molecular weight is 312 g/mol. The van der Waals surface area contributed by atoms with Crippen LogP contribution >= 0.6 is 0 Å². The maximum Gasteiger partial charge on any atom is 0.105 e. The van der Waals surface area contributed by atoms with E-state index in [1.54, 1.807) is 0 Å². The highest BCUT2D eigenvalue weighted by atomic mass is 15.2. The molecule has 0 radical (unpaired) electrons. The lowest BCUT2D eigenvalue weighted by atomic mass is 9.91. The van der Waals surface area contributed by atoms with Crippen LogP contribution in [0.3, 0.4) is 0 Å². The van der Waals surface area contributed by atoms with Gasteiger partial charge in [0.2, 0.25) is 0 Å². The molecule has 2 aromatic heterocycles. The third kappa shape index (κ3) is 3.63. The first-order chi connectivity index (χ1) is 11.0. The Balaban J connectivity index is 1.67. The van der Waals surface area contributed by atoms with Crippen molar-refractivity contribution in [2.75, 3.05) is 13.1 Å². The maximum absolute atomic E-state index is 4.67. The molecule has 1 aliphatic heterocycles. The molecule has 0 spiro atoms. The van der Waals surface area contributed by atoms with Gasteiger partial charge in [0, 0.05) is 25.8 Å². The number of piperidine rings is 1. The molecule has 0 saturated carbocycles. The molecule has 0 bridgehead atoms. The van der Waals surface area contributed by atoms with Crippen LogP contribution in [0.5, 0.6) is 0 Å². The largest absolute Gasteiger partial charge is 0.330 e. The molecular formula is C19H28N4. The molecule has 2 aromatic rings. The van der Waals surface area contributed by atoms with E-state index in [1.807, 2.05) is 26.4 Å². The van der Waals surface area contributed by atoms with E-state index >= 15 is 0 Å². The first kappa shape index (κ1) is 16.2. The number of rotatable bonds is 4. The molecule has 1 fully saturated rings.